The summed E-state index contributed by atoms with van der Waals surface area (Å²) in [4.78, 5) is 44.4. The third-order valence-corrected chi connectivity index (χ3v) is 7.22. The number of rotatable bonds is 5. The lowest BCUT2D eigenvalue weighted by atomic mass is 9.95. The molecular weight excluding hydrogens is 556 g/mol. The molecule has 3 amide bonds. The lowest BCUT2D eigenvalue weighted by molar-refractivity contribution is -0.123. The quantitative estimate of drug-likeness (QED) is 0.407. The first kappa shape index (κ1) is 28.7. The number of halogens is 3. The Hall–Kier alpha value is -3.26. The van der Waals surface area contributed by atoms with Crippen molar-refractivity contribution in [2.75, 3.05) is 31.5 Å². The van der Waals surface area contributed by atoms with Crippen LogP contribution in [0.25, 0.3) is 0 Å². The molecule has 0 saturated carbocycles. The molecular formula is C25H26ClF2N5O5S. The Labute approximate surface area is 231 Å². The molecule has 10 nitrogen and oxygen atoms in total. The molecule has 0 saturated heterocycles. The maximum atomic E-state index is 14.5. The van der Waals surface area contributed by atoms with Crippen molar-refractivity contribution in [2.24, 2.45) is 10.6 Å². The van der Waals surface area contributed by atoms with Crippen molar-refractivity contribution in [3.8, 4) is 0 Å². The summed E-state index contributed by atoms with van der Waals surface area (Å²) < 4.78 is 45.4. The standard InChI is InChI=1S/C25H26ClF2N5O5S/c1-25(2,3)23(35)31-17-6-15(26)7-30-18(17)12-38-24(36)33-10-13-8-32(9-14(13)11-33)22(34)16-4-5-19(39(29)37)21(28)20(16)27/h4-7H,8-12,29H2,1-3H3,(H,31,35). The summed E-state index contributed by atoms with van der Waals surface area (Å²) in [7, 11) is 0. The summed E-state index contributed by atoms with van der Waals surface area (Å²) in [6, 6.07) is 3.60. The van der Waals surface area contributed by atoms with Crippen LogP contribution in [0.1, 0.15) is 36.8 Å². The van der Waals surface area contributed by atoms with Crippen LogP contribution in [0.4, 0.5) is 19.3 Å². The molecule has 1 aromatic carbocycles. The van der Waals surface area contributed by atoms with Crippen LogP contribution in [-0.4, -0.2) is 63.4 Å². The number of anilines is 1. The van der Waals surface area contributed by atoms with Gasteiger partial charge >= 0.3 is 6.09 Å². The Balaban J connectivity index is 1.34. The highest BCUT2D eigenvalue weighted by Gasteiger charge is 2.36. The predicted molar refractivity (Wildman–Crippen MR) is 139 cm³/mol. The highest BCUT2D eigenvalue weighted by molar-refractivity contribution is 7.89. The fourth-order valence-corrected chi connectivity index (χ4v) is 4.72. The third-order valence-electron chi connectivity index (χ3n) is 6.26. The van der Waals surface area contributed by atoms with E-state index in [1.807, 2.05) is 0 Å². The fraction of sp³-hybridized carbons (Fsp3) is 0.360. The number of ether oxygens (including phenoxy) is 1. The molecule has 14 heteroatoms. The monoisotopic (exact) mass is 581 g/mol. The van der Waals surface area contributed by atoms with Crippen LogP contribution in [0.2, 0.25) is 5.02 Å². The molecule has 2 aliphatic heterocycles. The molecule has 1 atom stereocenters. The SMILES string of the molecule is CC(C)(C)C(=O)Nc1cc(Cl)cnc1COC(=O)N1CC2=C(C1)CN(C(=O)c1ccc([S+](N)[O-])c(F)c1F)C2. The highest BCUT2D eigenvalue weighted by atomic mass is 35.5. The minimum Gasteiger partial charge on any atom is -0.593 e. The number of benzene rings is 1. The fourth-order valence-electron chi connectivity index (χ4n) is 4.10. The van der Waals surface area contributed by atoms with Crippen LogP contribution in [0.5, 0.6) is 0 Å². The molecule has 0 radical (unpaired) electrons. The Morgan fingerprint density at radius 3 is 2.33 bits per heavy atom. The molecule has 2 aromatic rings. The van der Waals surface area contributed by atoms with E-state index in [1.54, 1.807) is 20.8 Å². The van der Waals surface area contributed by atoms with Gasteiger partial charge in [-0.05, 0) is 29.3 Å². The third kappa shape index (κ3) is 6.16. The normalized spacial score (nSPS) is 15.9. The van der Waals surface area contributed by atoms with E-state index in [-0.39, 0.29) is 38.7 Å². The first-order chi connectivity index (χ1) is 18.3. The number of hydrogen-bond acceptors (Lipinski definition) is 7. The van der Waals surface area contributed by atoms with E-state index < -0.39 is 50.9 Å². The Kier molecular flexibility index (Phi) is 8.17. The van der Waals surface area contributed by atoms with E-state index in [2.05, 4.69) is 10.3 Å². The minimum absolute atomic E-state index is 0.130. The molecule has 208 valence electrons. The van der Waals surface area contributed by atoms with Crippen LogP contribution >= 0.6 is 11.6 Å². The number of nitrogens with two attached hydrogens (primary N) is 1. The smallest absolute Gasteiger partial charge is 0.410 e. The zero-order valence-corrected chi connectivity index (χ0v) is 22.9. The topological polar surface area (TPSA) is 141 Å². The number of nitrogens with zero attached hydrogens (tertiary/aromatic N) is 3. The average Bonchev–Trinajstić information content (AvgIpc) is 3.43. The molecule has 2 aliphatic rings. The predicted octanol–water partition coefficient (Wildman–Crippen LogP) is 3.38. The molecule has 1 unspecified atom stereocenters. The van der Waals surface area contributed by atoms with Gasteiger partial charge in [0, 0.05) is 37.8 Å². The molecule has 1 aromatic heterocycles. The number of amides is 3. The van der Waals surface area contributed by atoms with Gasteiger partial charge in [0.1, 0.15) is 12.3 Å². The number of carbonyl (C=O) groups excluding carboxylic acids is 3. The van der Waals surface area contributed by atoms with Crippen molar-refractivity contribution in [1.29, 1.82) is 0 Å². The first-order valence-electron chi connectivity index (χ1n) is 11.8. The maximum absolute atomic E-state index is 14.5. The van der Waals surface area contributed by atoms with Crippen molar-refractivity contribution >= 4 is 46.6 Å². The van der Waals surface area contributed by atoms with Gasteiger partial charge in [-0.25, -0.2) is 9.18 Å². The van der Waals surface area contributed by atoms with Crippen LogP contribution in [0.15, 0.2) is 40.4 Å². The summed E-state index contributed by atoms with van der Waals surface area (Å²) in [6.45, 7) is 5.70. The molecule has 0 bridgehead atoms. The molecule has 3 heterocycles. The Morgan fingerprint density at radius 2 is 1.74 bits per heavy atom. The molecule has 0 spiro atoms. The van der Waals surface area contributed by atoms with Gasteiger partial charge in [0.15, 0.2) is 5.82 Å². The lowest BCUT2D eigenvalue weighted by Crippen LogP contribution is -2.37. The second kappa shape index (κ2) is 11.1. The van der Waals surface area contributed by atoms with Crippen molar-refractivity contribution in [1.82, 2.24) is 14.8 Å². The zero-order chi connectivity index (χ0) is 28.6. The first-order valence-corrected chi connectivity index (χ1v) is 13.4. The molecule has 4 rings (SSSR count). The summed E-state index contributed by atoms with van der Waals surface area (Å²) in [6.07, 6.45) is 0.762. The number of nitrogens with one attached hydrogen (secondary N) is 1. The van der Waals surface area contributed by atoms with E-state index in [9.17, 15) is 27.7 Å². The van der Waals surface area contributed by atoms with Gasteiger partial charge in [0.25, 0.3) is 5.91 Å². The van der Waals surface area contributed by atoms with Crippen molar-refractivity contribution < 1.29 is 32.5 Å². The summed E-state index contributed by atoms with van der Waals surface area (Å²) in [5.74, 6) is -3.83. The number of hydrogen-bond donors (Lipinski definition) is 2. The second-order valence-corrected chi connectivity index (χ2v) is 11.6. The average molecular weight is 582 g/mol. The van der Waals surface area contributed by atoms with Gasteiger partial charge in [-0.15, -0.1) is 5.14 Å². The van der Waals surface area contributed by atoms with Crippen molar-refractivity contribution in [2.45, 2.75) is 32.3 Å². The van der Waals surface area contributed by atoms with Crippen LogP contribution in [0, 0.1) is 17.0 Å². The van der Waals surface area contributed by atoms with Gasteiger partial charge in [0.2, 0.25) is 16.6 Å². The van der Waals surface area contributed by atoms with E-state index in [1.165, 1.54) is 22.1 Å². The van der Waals surface area contributed by atoms with Gasteiger partial charge in [-0.3, -0.25) is 14.6 Å². The molecule has 3 N–H and O–H groups in total. The molecule has 0 aliphatic carbocycles. The van der Waals surface area contributed by atoms with Gasteiger partial charge in [0.05, 0.1) is 27.6 Å². The van der Waals surface area contributed by atoms with Crippen molar-refractivity contribution in [3.05, 3.63) is 63.5 Å². The van der Waals surface area contributed by atoms with Crippen LogP contribution in [-0.2, 0) is 27.5 Å². The van der Waals surface area contributed by atoms with Crippen molar-refractivity contribution in [3.63, 3.8) is 0 Å². The summed E-state index contributed by atoms with van der Waals surface area (Å²) >= 11 is 3.79. The van der Waals surface area contributed by atoms with Gasteiger partial charge in [-0.1, -0.05) is 32.4 Å². The molecule has 39 heavy (non-hydrogen) atoms. The van der Waals surface area contributed by atoms with Crippen LogP contribution in [0.3, 0.4) is 0 Å². The summed E-state index contributed by atoms with van der Waals surface area (Å²) in [5.41, 5.74) is 1.08. The van der Waals surface area contributed by atoms with E-state index in [0.717, 1.165) is 23.3 Å². The Morgan fingerprint density at radius 1 is 1.13 bits per heavy atom. The van der Waals surface area contributed by atoms with Crippen LogP contribution < -0.4 is 10.5 Å². The number of pyridine rings is 1. The highest BCUT2D eigenvalue weighted by Crippen LogP contribution is 2.29. The Bertz CT molecular complexity index is 1360. The van der Waals surface area contributed by atoms with E-state index in [0.29, 0.717) is 16.4 Å². The largest absolute Gasteiger partial charge is 0.593 e. The van der Waals surface area contributed by atoms with Gasteiger partial charge in [-0.2, -0.15) is 4.39 Å². The lowest BCUT2D eigenvalue weighted by Gasteiger charge is -2.23. The van der Waals surface area contributed by atoms with E-state index in [4.69, 9.17) is 21.5 Å². The number of aromatic nitrogens is 1. The second-order valence-electron chi connectivity index (χ2n) is 10.2. The van der Waals surface area contributed by atoms with E-state index >= 15 is 0 Å². The number of carbonyl (C=O) groups is 3. The maximum Gasteiger partial charge on any atom is 0.410 e. The van der Waals surface area contributed by atoms with Gasteiger partial charge < -0.3 is 24.4 Å². The molecule has 0 fully saturated rings. The minimum atomic E-state index is -2.24. The zero-order valence-electron chi connectivity index (χ0n) is 21.3. The summed E-state index contributed by atoms with van der Waals surface area (Å²) in [5, 5.41) is 8.19.